The molecule has 0 aliphatic carbocycles. The number of aromatic nitrogens is 3. The Morgan fingerprint density at radius 3 is 2.47 bits per heavy atom. The Morgan fingerprint density at radius 1 is 0.974 bits per heavy atom. The van der Waals surface area contributed by atoms with Gasteiger partial charge in [-0.05, 0) is 62.8 Å². The topological polar surface area (TPSA) is 96.9 Å². The smallest absolute Gasteiger partial charge is 0.169 e. The number of methoxy groups -OCH3 is 1. The lowest BCUT2D eigenvalue weighted by atomic mass is 9.96. The molecule has 4 heterocycles. The zero-order valence-electron chi connectivity index (χ0n) is 21.7. The summed E-state index contributed by atoms with van der Waals surface area (Å²) in [4.78, 5) is 11.2. The van der Waals surface area contributed by atoms with Crippen molar-refractivity contribution in [2.75, 3.05) is 46.2 Å². The molecule has 0 amide bonds. The molecular formula is C29H33N5O4. The Hall–Kier alpha value is -3.66. The molecule has 4 aromatic rings. The second kappa shape index (κ2) is 10.6. The van der Waals surface area contributed by atoms with Crippen LogP contribution in [0.15, 0.2) is 61.1 Å². The number of benzene rings is 2. The maximum atomic E-state index is 6.38. The number of anilines is 1. The second-order valence-electron chi connectivity index (χ2n) is 10.0. The van der Waals surface area contributed by atoms with E-state index in [9.17, 15) is 0 Å². The summed E-state index contributed by atoms with van der Waals surface area (Å²) in [5.41, 5.74) is 8.98. The van der Waals surface area contributed by atoms with E-state index in [0.717, 1.165) is 53.8 Å². The highest BCUT2D eigenvalue weighted by molar-refractivity contribution is 6.01. The zero-order chi connectivity index (χ0) is 26.1. The number of ether oxygens (including phenoxy) is 4. The first-order chi connectivity index (χ1) is 18.6. The van der Waals surface area contributed by atoms with Gasteiger partial charge in [-0.3, -0.25) is 0 Å². The lowest BCUT2D eigenvalue weighted by Gasteiger charge is -2.38. The van der Waals surface area contributed by atoms with Crippen LogP contribution in [0.3, 0.4) is 0 Å². The second-order valence-corrected chi connectivity index (χ2v) is 10.0. The van der Waals surface area contributed by atoms with Gasteiger partial charge in [-0.1, -0.05) is 24.3 Å². The van der Waals surface area contributed by atoms with E-state index in [2.05, 4.69) is 32.7 Å². The van der Waals surface area contributed by atoms with Crippen LogP contribution in [0.2, 0.25) is 0 Å². The van der Waals surface area contributed by atoms with E-state index in [4.69, 9.17) is 24.7 Å². The van der Waals surface area contributed by atoms with E-state index in [1.165, 1.54) is 6.33 Å². The van der Waals surface area contributed by atoms with Gasteiger partial charge in [0.15, 0.2) is 17.8 Å². The molecule has 0 atom stereocenters. The zero-order valence-corrected chi connectivity index (χ0v) is 21.7. The van der Waals surface area contributed by atoms with Crippen LogP contribution in [0.5, 0.6) is 17.2 Å². The number of para-hydroxylation sites is 1. The number of nitrogens with two attached hydrogens (primary N) is 1. The maximum absolute atomic E-state index is 6.38. The summed E-state index contributed by atoms with van der Waals surface area (Å²) < 4.78 is 26.3. The van der Waals surface area contributed by atoms with Gasteiger partial charge in [-0.15, -0.1) is 0 Å². The molecule has 2 fully saturated rings. The summed E-state index contributed by atoms with van der Waals surface area (Å²) in [5.74, 6) is 2.85. The van der Waals surface area contributed by atoms with Crippen molar-refractivity contribution in [3.05, 3.63) is 61.1 Å². The first-order valence-electron chi connectivity index (χ1n) is 13.0. The van der Waals surface area contributed by atoms with Crippen LogP contribution in [0, 0.1) is 5.92 Å². The highest BCUT2D eigenvalue weighted by Crippen LogP contribution is 2.40. The molecule has 2 aliphatic heterocycles. The number of rotatable bonds is 6. The fourth-order valence-corrected chi connectivity index (χ4v) is 5.38. The normalized spacial score (nSPS) is 21.0. The third kappa shape index (κ3) is 4.80. The van der Waals surface area contributed by atoms with Crippen LogP contribution in [-0.4, -0.2) is 66.2 Å². The van der Waals surface area contributed by atoms with Gasteiger partial charge >= 0.3 is 0 Å². The molecular weight excluding hydrogens is 482 g/mol. The molecule has 2 aromatic carbocycles. The average molecular weight is 516 g/mol. The first kappa shape index (κ1) is 24.7. The Bertz CT molecular complexity index is 1390. The van der Waals surface area contributed by atoms with Crippen molar-refractivity contribution >= 4 is 16.9 Å². The molecule has 0 saturated carbocycles. The molecule has 9 nitrogen and oxygen atoms in total. The van der Waals surface area contributed by atoms with Crippen LogP contribution >= 0.6 is 0 Å². The Morgan fingerprint density at radius 2 is 1.74 bits per heavy atom. The van der Waals surface area contributed by atoms with Crippen LogP contribution in [-0.2, 0) is 9.47 Å². The predicted octanol–water partition coefficient (Wildman–Crippen LogP) is 4.74. The van der Waals surface area contributed by atoms with Gasteiger partial charge in [0, 0.05) is 17.7 Å². The molecule has 38 heavy (non-hydrogen) atoms. The number of nitrogen functional groups attached to an aromatic ring is 1. The molecule has 2 saturated heterocycles. The SMILES string of the molecule is COc1cc(-c2cn([C@H]3CO[C@@H](C4CCN(C)CC4)OC3)c3ncnc(N)c23)ccc1Oc1ccccc1. The van der Waals surface area contributed by atoms with E-state index < -0.39 is 0 Å². The molecule has 2 N–H and O–H groups in total. The Balaban J connectivity index is 1.28. The molecule has 2 aromatic heterocycles. The molecule has 0 bridgehead atoms. The lowest BCUT2D eigenvalue weighted by Crippen LogP contribution is -2.42. The number of piperidine rings is 1. The largest absolute Gasteiger partial charge is 0.493 e. The van der Waals surface area contributed by atoms with Crippen molar-refractivity contribution in [2.24, 2.45) is 5.92 Å². The molecule has 0 spiro atoms. The van der Waals surface area contributed by atoms with E-state index in [-0.39, 0.29) is 12.3 Å². The minimum Gasteiger partial charge on any atom is -0.493 e. The number of nitrogens with zero attached hydrogens (tertiary/aromatic N) is 4. The van der Waals surface area contributed by atoms with Crippen LogP contribution in [0.25, 0.3) is 22.2 Å². The summed E-state index contributed by atoms with van der Waals surface area (Å²) >= 11 is 0. The molecule has 0 radical (unpaired) electrons. The summed E-state index contributed by atoms with van der Waals surface area (Å²) in [5, 5.41) is 0.795. The number of fused-ring (bicyclic) bond motifs is 1. The van der Waals surface area contributed by atoms with Crippen molar-refractivity contribution in [2.45, 2.75) is 25.2 Å². The summed E-state index contributed by atoms with van der Waals surface area (Å²) in [6.45, 7) is 3.27. The van der Waals surface area contributed by atoms with Crippen molar-refractivity contribution in [3.8, 4) is 28.4 Å². The van der Waals surface area contributed by atoms with Gasteiger partial charge in [0.1, 0.15) is 23.5 Å². The highest BCUT2D eigenvalue weighted by atomic mass is 16.7. The third-order valence-corrected chi connectivity index (χ3v) is 7.53. The van der Waals surface area contributed by atoms with Crippen LogP contribution < -0.4 is 15.2 Å². The molecule has 6 rings (SSSR count). The summed E-state index contributed by atoms with van der Waals surface area (Å²) in [6, 6.07) is 15.5. The molecule has 0 unspecified atom stereocenters. The van der Waals surface area contributed by atoms with Gasteiger partial charge in [0.25, 0.3) is 0 Å². The number of likely N-dealkylation sites (tertiary alicyclic amines) is 1. The van der Waals surface area contributed by atoms with E-state index in [1.807, 2.05) is 48.5 Å². The summed E-state index contributed by atoms with van der Waals surface area (Å²) in [7, 11) is 3.80. The fourth-order valence-electron chi connectivity index (χ4n) is 5.38. The minimum absolute atomic E-state index is 0.0225. The Labute approximate surface area is 222 Å². The lowest BCUT2D eigenvalue weighted by molar-refractivity contribution is -0.225. The third-order valence-electron chi connectivity index (χ3n) is 7.53. The van der Waals surface area contributed by atoms with Crippen molar-refractivity contribution in [3.63, 3.8) is 0 Å². The average Bonchev–Trinajstić information content (AvgIpc) is 3.35. The Kier molecular flexibility index (Phi) is 6.88. The molecule has 198 valence electrons. The first-order valence-corrected chi connectivity index (χ1v) is 13.0. The van der Waals surface area contributed by atoms with Gasteiger partial charge in [-0.2, -0.15) is 0 Å². The van der Waals surface area contributed by atoms with E-state index >= 15 is 0 Å². The molecule has 9 heteroatoms. The maximum Gasteiger partial charge on any atom is 0.169 e. The monoisotopic (exact) mass is 515 g/mol. The quantitative estimate of drug-likeness (QED) is 0.393. The van der Waals surface area contributed by atoms with Gasteiger partial charge in [-0.25, -0.2) is 9.97 Å². The number of hydrogen-bond donors (Lipinski definition) is 1. The van der Waals surface area contributed by atoms with Crippen LogP contribution in [0.4, 0.5) is 5.82 Å². The van der Waals surface area contributed by atoms with Crippen molar-refractivity contribution in [1.29, 1.82) is 0 Å². The van der Waals surface area contributed by atoms with Gasteiger partial charge in [0.2, 0.25) is 0 Å². The standard InChI is InChI=1S/C29H33N5O4/c1-33-12-10-19(11-13-33)29-36-16-21(17-37-29)34-15-23(26-27(30)31-18-32-28(26)34)20-8-9-24(25(14-20)35-2)38-22-6-4-3-5-7-22/h3-9,14-15,18-19,21,29H,10-13,16-17H2,1-2H3,(H2,30,31,32)/t21-,29+. The van der Waals surface area contributed by atoms with Gasteiger partial charge in [0.05, 0.1) is 31.8 Å². The van der Waals surface area contributed by atoms with E-state index in [0.29, 0.717) is 36.4 Å². The van der Waals surface area contributed by atoms with Crippen molar-refractivity contribution in [1.82, 2.24) is 19.4 Å². The predicted molar refractivity (Wildman–Crippen MR) is 145 cm³/mol. The highest BCUT2D eigenvalue weighted by Gasteiger charge is 2.33. The summed E-state index contributed by atoms with van der Waals surface area (Å²) in [6.07, 6.45) is 5.61. The minimum atomic E-state index is -0.151. The van der Waals surface area contributed by atoms with E-state index in [1.54, 1.807) is 7.11 Å². The van der Waals surface area contributed by atoms with Crippen LogP contribution in [0.1, 0.15) is 18.9 Å². The fraction of sp³-hybridized carbons (Fsp3) is 0.379. The number of hydrogen-bond acceptors (Lipinski definition) is 8. The molecule has 2 aliphatic rings. The van der Waals surface area contributed by atoms with Gasteiger partial charge < -0.3 is 34.1 Å². The van der Waals surface area contributed by atoms with Crippen molar-refractivity contribution < 1.29 is 18.9 Å².